The molecule has 2 aromatic carbocycles. The Morgan fingerprint density at radius 3 is 2.36 bits per heavy atom. The number of carbonyl (C=O) groups is 2. The molecule has 1 N–H and O–H groups in total. The summed E-state index contributed by atoms with van der Waals surface area (Å²) in [6.07, 6.45) is 1.45. The van der Waals surface area contributed by atoms with Crippen LogP contribution in [0.25, 0.3) is 5.57 Å². The van der Waals surface area contributed by atoms with Gasteiger partial charge in [0.25, 0.3) is 11.8 Å². The van der Waals surface area contributed by atoms with Gasteiger partial charge in [-0.05, 0) is 48.0 Å². The fourth-order valence-electron chi connectivity index (χ4n) is 2.99. The molecule has 0 radical (unpaired) electrons. The van der Waals surface area contributed by atoms with E-state index in [1.807, 2.05) is 0 Å². The van der Waals surface area contributed by atoms with Crippen molar-refractivity contribution in [3.05, 3.63) is 95.6 Å². The van der Waals surface area contributed by atoms with Gasteiger partial charge in [-0.15, -0.1) is 0 Å². The van der Waals surface area contributed by atoms with Crippen molar-refractivity contribution in [2.24, 2.45) is 0 Å². The fraction of sp³-hybridized carbons (Fsp3) is 0.0476. The van der Waals surface area contributed by atoms with Gasteiger partial charge < -0.3 is 9.73 Å². The molecule has 28 heavy (non-hydrogen) atoms. The Hall–Kier alpha value is -3.74. The topological polar surface area (TPSA) is 62.6 Å². The van der Waals surface area contributed by atoms with Gasteiger partial charge in [0, 0.05) is 5.69 Å². The van der Waals surface area contributed by atoms with Crippen LogP contribution in [-0.4, -0.2) is 16.7 Å². The van der Waals surface area contributed by atoms with Crippen LogP contribution in [0.2, 0.25) is 0 Å². The Bertz CT molecular complexity index is 1070. The molecule has 2 amide bonds. The Morgan fingerprint density at radius 2 is 1.68 bits per heavy atom. The van der Waals surface area contributed by atoms with E-state index in [0.29, 0.717) is 17.0 Å². The lowest BCUT2D eigenvalue weighted by Crippen LogP contribution is -2.31. The van der Waals surface area contributed by atoms with Gasteiger partial charge in [0.1, 0.15) is 23.1 Å². The summed E-state index contributed by atoms with van der Waals surface area (Å²) in [5, 5.41) is 2.84. The molecular weight excluding hydrogens is 366 g/mol. The first-order valence-corrected chi connectivity index (χ1v) is 8.44. The molecule has 0 bridgehead atoms. The normalized spacial score (nSPS) is 14.1. The van der Waals surface area contributed by atoms with Crippen LogP contribution in [0.4, 0.5) is 14.5 Å². The Balaban J connectivity index is 1.76. The molecule has 0 aliphatic carbocycles. The van der Waals surface area contributed by atoms with E-state index >= 15 is 0 Å². The number of imide groups is 1. The van der Waals surface area contributed by atoms with Gasteiger partial charge in [-0.1, -0.05) is 18.2 Å². The van der Waals surface area contributed by atoms with Crippen molar-refractivity contribution in [2.45, 2.75) is 6.54 Å². The highest BCUT2D eigenvalue weighted by Crippen LogP contribution is 2.31. The first-order chi connectivity index (χ1) is 13.5. The first-order valence-electron chi connectivity index (χ1n) is 8.44. The summed E-state index contributed by atoms with van der Waals surface area (Å²) in [7, 11) is 0. The zero-order valence-corrected chi connectivity index (χ0v) is 14.5. The highest BCUT2D eigenvalue weighted by atomic mass is 19.1. The lowest BCUT2D eigenvalue weighted by molar-refractivity contribution is -0.137. The average Bonchev–Trinajstić information content (AvgIpc) is 3.26. The van der Waals surface area contributed by atoms with E-state index in [-0.39, 0.29) is 17.8 Å². The number of rotatable bonds is 5. The molecule has 0 fully saturated rings. The van der Waals surface area contributed by atoms with Gasteiger partial charge in [0.15, 0.2) is 0 Å². The fourth-order valence-corrected chi connectivity index (χ4v) is 2.99. The summed E-state index contributed by atoms with van der Waals surface area (Å²) in [6.45, 7) is -0.0519. The van der Waals surface area contributed by atoms with Crippen LogP contribution in [0.3, 0.4) is 0 Å². The maximum Gasteiger partial charge on any atom is 0.278 e. The standard InChI is InChI=1S/C21H14F2N2O3/c22-14-8-6-13(7-9-14)18-19(24-16-4-1-3-15(23)11-16)21(27)25(20(18)26)12-17-5-2-10-28-17/h1-11,24H,12H2. The van der Waals surface area contributed by atoms with Gasteiger partial charge in [-0.25, -0.2) is 8.78 Å². The van der Waals surface area contributed by atoms with E-state index in [2.05, 4.69) is 5.32 Å². The summed E-state index contributed by atoms with van der Waals surface area (Å²) >= 11 is 0. The molecule has 7 heteroatoms. The third-order valence-electron chi connectivity index (χ3n) is 4.29. The van der Waals surface area contributed by atoms with E-state index in [1.165, 1.54) is 48.7 Å². The van der Waals surface area contributed by atoms with Gasteiger partial charge in [-0.3, -0.25) is 14.5 Å². The number of nitrogens with zero attached hydrogens (tertiary/aromatic N) is 1. The molecule has 140 valence electrons. The minimum atomic E-state index is -0.579. The van der Waals surface area contributed by atoms with Crippen LogP contribution in [0.1, 0.15) is 11.3 Å². The average molecular weight is 380 g/mol. The van der Waals surface area contributed by atoms with E-state index < -0.39 is 23.4 Å². The predicted molar refractivity (Wildman–Crippen MR) is 97.6 cm³/mol. The number of benzene rings is 2. The highest BCUT2D eigenvalue weighted by Gasteiger charge is 2.39. The Morgan fingerprint density at radius 1 is 0.893 bits per heavy atom. The van der Waals surface area contributed by atoms with Gasteiger partial charge >= 0.3 is 0 Å². The Kier molecular flexibility index (Phi) is 4.49. The van der Waals surface area contributed by atoms with Crippen molar-refractivity contribution >= 4 is 23.1 Å². The second kappa shape index (κ2) is 7.11. The maximum absolute atomic E-state index is 13.5. The lowest BCUT2D eigenvalue weighted by Gasteiger charge is -2.13. The Labute approximate surface area is 158 Å². The number of hydrogen-bond acceptors (Lipinski definition) is 4. The molecule has 0 atom stereocenters. The predicted octanol–water partition coefficient (Wildman–Crippen LogP) is 3.95. The number of carbonyl (C=O) groups excluding carboxylic acids is 2. The van der Waals surface area contributed by atoms with Crippen LogP contribution in [0.5, 0.6) is 0 Å². The third-order valence-corrected chi connectivity index (χ3v) is 4.29. The molecule has 0 spiro atoms. The lowest BCUT2D eigenvalue weighted by atomic mass is 10.0. The van der Waals surface area contributed by atoms with Crippen LogP contribution >= 0.6 is 0 Å². The van der Waals surface area contributed by atoms with Crippen LogP contribution in [0.15, 0.2) is 77.0 Å². The SMILES string of the molecule is O=C1C(Nc2cccc(F)c2)=C(c2ccc(F)cc2)C(=O)N1Cc1ccco1. The molecular formula is C21H14F2N2O3. The molecule has 1 aliphatic rings. The molecule has 3 aromatic rings. The van der Waals surface area contributed by atoms with E-state index in [4.69, 9.17) is 4.42 Å². The highest BCUT2D eigenvalue weighted by molar-refractivity contribution is 6.36. The van der Waals surface area contributed by atoms with E-state index in [0.717, 1.165) is 4.90 Å². The summed E-state index contributed by atoms with van der Waals surface area (Å²) < 4.78 is 32.1. The number of halogens is 2. The molecule has 5 nitrogen and oxygen atoms in total. The molecule has 0 saturated heterocycles. The van der Waals surface area contributed by atoms with Crippen molar-refractivity contribution < 1.29 is 22.8 Å². The second-order valence-corrected chi connectivity index (χ2v) is 6.17. The van der Waals surface area contributed by atoms with Crippen molar-refractivity contribution in [3.8, 4) is 0 Å². The first kappa shape index (κ1) is 17.7. The summed E-state index contributed by atoms with van der Waals surface area (Å²) in [5.74, 6) is -1.64. The van der Waals surface area contributed by atoms with E-state index in [9.17, 15) is 18.4 Å². The number of furan rings is 1. The largest absolute Gasteiger partial charge is 0.467 e. The second-order valence-electron chi connectivity index (χ2n) is 6.17. The van der Waals surface area contributed by atoms with Crippen LogP contribution in [0, 0.1) is 11.6 Å². The smallest absolute Gasteiger partial charge is 0.278 e. The summed E-state index contributed by atoms with van der Waals surface area (Å²) in [5.41, 5.74) is 0.769. The van der Waals surface area contributed by atoms with Crippen molar-refractivity contribution in [2.75, 3.05) is 5.32 Å². The summed E-state index contributed by atoms with van der Waals surface area (Å²) in [4.78, 5) is 27.0. The maximum atomic E-state index is 13.5. The molecule has 0 unspecified atom stereocenters. The number of hydrogen-bond donors (Lipinski definition) is 1. The molecule has 0 saturated carbocycles. The van der Waals surface area contributed by atoms with Crippen molar-refractivity contribution in [1.82, 2.24) is 4.90 Å². The monoisotopic (exact) mass is 380 g/mol. The van der Waals surface area contributed by atoms with Gasteiger partial charge in [-0.2, -0.15) is 0 Å². The van der Waals surface area contributed by atoms with Gasteiger partial charge in [0.2, 0.25) is 0 Å². The van der Waals surface area contributed by atoms with E-state index in [1.54, 1.807) is 18.2 Å². The quantitative estimate of drug-likeness (QED) is 0.681. The number of amides is 2. The van der Waals surface area contributed by atoms with Gasteiger partial charge in [0.05, 0.1) is 18.4 Å². The minimum absolute atomic E-state index is 0.00577. The zero-order chi connectivity index (χ0) is 19.7. The van der Waals surface area contributed by atoms with Crippen molar-refractivity contribution in [3.63, 3.8) is 0 Å². The molecule has 4 rings (SSSR count). The third kappa shape index (κ3) is 3.29. The number of nitrogens with one attached hydrogen (secondary N) is 1. The van der Waals surface area contributed by atoms with Crippen LogP contribution < -0.4 is 5.32 Å². The minimum Gasteiger partial charge on any atom is -0.467 e. The van der Waals surface area contributed by atoms with Crippen LogP contribution in [-0.2, 0) is 16.1 Å². The van der Waals surface area contributed by atoms with Crippen molar-refractivity contribution in [1.29, 1.82) is 0 Å². The zero-order valence-electron chi connectivity index (χ0n) is 14.5. The molecule has 2 heterocycles. The number of anilines is 1. The summed E-state index contributed by atoms with van der Waals surface area (Å²) in [6, 6.07) is 14.1. The molecule has 1 aromatic heterocycles. The molecule has 1 aliphatic heterocycles.